The summed E-state index contributed by atoms with van der Waals surface area (Å²) in [6.45, 7) is 1.97. The summed E-state index contributed by atoms with van der Waals surface area (Å²) < 4.78 is 91.6. The molecule has 7 nitrogen and oxygen atoms in total. The molecule has 14 heteroatoms. The Morgan fingerprint density at radius 3 is 1.45 bits per heavy atom. The number of hydrogen-bond acceptors (Lipinski definition) is 5. The molecule has 3 heterocycles. The minimum atomic E-state index is -6.07. The molecule has 8 rings (SSSR count). The predicted molar refractivity (Wildman–Crippen MR) is 206 cm³/mol. The lowest BCUT2D eigenvalue weighted by molar-refractivity contribution is -0.288. The van der Waals surface area contributed by atoms with Gasteiger partial charge < -0.3 is 0 Å². The maximum atomic E-state index is 15.1. The molecule has 0 saturated carbocycles. The molecular weight excluding hydrogens is 828 g/mol. The van der Waals surface area contributed by atoms with E-state index in [9.17, 15) is 19.2 Å². The molecule has 2 aliphatic rings. The Balaban J connectivity index is 1.17. The van der Waals surface area contributed by atoms with Gasteiger partial charge in [0.25, 0.3) is 23.6 Å². The van der Waals surface area contributed by atoms with Crippen LogP contribution in [0.15, 0.2) is 126 Å². The van der Waals surface area contributed by atoms with Crippen LogP contribution in [0, 0.1) is 6.92 Å². The van der Waals surface area contributed by atoms with Crippen LogP contribution in [0.5, 0.6) is 0 Å². The number of carbonyl (C=O) groups is 4. The molecule has 0 N–H and O–H groups in total. The van der Waals surface area contributed by atoms with Crippen molar-refractivity contribution in [1.29, 1.82) is 0 Å². The maximum Gasteiger partial charge on any atom is 0.411 e. The minimum Gasteiger partial charge on any atom is -0.277 e. The molecule has 6 aromatic rings. The van der Waals surface area contributed by atoms with Crippen LogP contribution in [0.1, 0.15) is 58.1 Å². The first-order valence-corrected chi connectivity index (χ1v) is 18.3. The normalized spacial score (nSPS) is 14.4. The molecule has 0 radical (unpaired) electrons. The molecule has 0 saturated heterocycles. The highest BCUT2D eigenvalue weighted by atomic mass is 79.9. The third-order valence-corrected chi connectivity index (χ3v) is 11.0. The third kappa shape index (κ3) is 6.01. The van der Waals surface area contributed by atoms with Crippen LogP contribution in [0.3, 0.4) is 0 Å². The highest BCUT2D eigenvalue weighted by Crippen LogP contribution is 2.57. The highest BCUT2D eigenvalue weighted by Gasteiger charge is 2.73. The largest absolute Gasteiger partial charge is 0.411 e. The van der Waals surface area contributed by atoms with Crippen molar-refractivity contribution in [2.24, 2.45) is 0 Å². The van der Waals surface area contributed by atoms with Crippen molar-refractivity contribution in [3.8, 4) is 33.6 Å². The van der Waals surface area contributed by atoms with E-state index in [0.717, 1.165) is 45.9 Å². The third-order valence-electron chi connectivity index (χ3n) is 10.5. The molecule has 58 heavy (non-hydrogen) atoms. The van der Waals surface area contributed by atoms with Gasteiger partial charge in [0.1, 0.15) is 0 Å². The van der Waals surface area contributed by atoms with Crippen LogP contribution in [0.2, 0.25) is 0 Å². The molecule has 0 aliphatic carbocycles. The molecular formula is C44H26BrF6N3O4. The molecule has 0 atom stereocenters. The zero-order chi connectivity index (χ0) is 41.5. The van der Waals surface area contributed by atoms with Gasteiger partial charge in [0.05, 0.1) is 39.3 Å². The molecule has 0 bridgehead atoms. The molecule has 4 amide bonds. The number of benzene rings is 5. The first-order valence-electron chi connectivity index (χ1n) is 17.5. The molecule has 0 spiro atoms. The molecule has 2 aliphatic heterocycles. The SMILES string of the molecule is Cc1ccc(-c2cc(-c3ccc(Br)cc3)cc(-c3ccc(N4C(=O)c5ccc(C(c6ccc7c(c6)C(=O)N(C)C7=O)(C(F)(F)F)C(F)(F)F)cc5C4=O)cc3)n2)cc1. The van der Waals surface area contributed by atoms with Crippen molar-refractivity contribution in [3.05, 3.63) is 165 Å². The summed E-state index contributed by atoms with van der Waals surface area (Å²) in [7, 11) is 1.05. The van der Waals surface area contributed by atoms with E-state index in [2.05, 4.69) is 15.9 Å². The van der Waals surface area contributed by atoms with E-state index in [4.69, 9.17) is 4.98 Å². The monoisotopic (exact) mass is 853 g/mol. The second kappa shape index (κ2) is 13.6. The fourth-order valence-corrected chi connectivity index (χ4v) is 7.69. The number of hydrogen-bond donors (Lipinski definition) is 0. The number of carbonyl (C=O) groups excluding carboxylic acids is 4. The zero-order valence-corrected chi connectivity index (χ0v) is 31.8. The number of anilines is 1. The van der Waals surface area contributed by atoms with Gasteiger partial charge in [-0.25, -0.2) is 9.88 Å². The van der Waals surface area contributed by atoms with Gasteiger partial charge in [-0.1, -0.05) is 82.2 Å². The number of aryl methyl sites for hydroxylation is 1. The maximum absolute atomic E-state index is 15.1. The van der Waals surface area contributed by atoms with Gasteiger partial charge in [0.2, 0.25) is 5.41 Å². The first kappa shape index (κ1) is 38.5. The molecule has 5 aromatic carbocycles. The lowest BCUT2D eigenvalue weighted by Gasteiger charge is -2.38. The number of fused-ring (bicyclic) bond motifs is 2. The van der Waals surface area contributed by atoms with Crippen molar-refractivity contribution in [3.63, 3.8) is 0 Å². The average molecular weight is 855 g/mol. The summed E-state index contributed by atoms with van der Waals surface area (Å²) >= 11 is 3.46. The van der Waals surface area contributed by atoms with E-state index in [0.29, 0.717) is 51.0 Å². The molecule has 0 fully saturated rings. The zero-order valence-electron chi connectivity index (χ0n) is 30.2. The lowest BCUT2D eigenvalue weighted by atomic mass is 9.71. The summed E-state index contributed by atoms with van der Waals surface area (Å²) in [6.07, 6.45) is -12.1. The summed E-state index contributed by atoms with van der Waals surface area (Å²) in [4.78, 5) is 58.7. The number of nitrogens with zero attached hydrogens (tertiary/aromatic N) is 3. The van der Waals surface area contributed by atoms with Gasteiger partial charge in [-0.2, -0.15) is 26.3 Å². The Morgan fingerprint density at radius 2 is 0.931 bits per heavy atom. The van der Waals surface area contributed by atoms with Gasteiger partial charge >= 0.3 is 12.4 Å². The Labute approximate surface area is 334 Å². The van der Waals surface area contributed by atoms with E-state index in [1.165, 1.54) is 12.1 Å². The number of rotatable bonds is 6. The Hall–Kier alpha value is -6.41. The van der Waals surface area contributed by atoms with E-state index in [-0.39, 0.29) is 11.3 Å². The van der Waals surface area contributed by atoms with Gasteiger partial charge in [-0.05, 0) is 89.8 Å². The van der Waals surface area contributed by atoms with Crippen LogP contribution in [-0.4, -0.2) is 52.9 Å². The lowest BCUT2D eigenvalue weighted by Crippen LogP contribution is -2.55. The van der Waals surface area contributed by atoms with Gasteiger partial charge in [0.15, 0.2) is 0 Å². The van der Waals surface area contributed by atoms with Gasteiger partial charge in [-0.3, -0.25) is 24.1 Å². The number of imide groups is 2. The van der Waals surface area contributed by atoms with Crippen molar-refractivity contribution in [2.45, 2.75) is 24.7 Å². The number of aromatic nitrogens is 1. The summed E-state index contributed by atoms with van der Waals surface area (Å²) in [5, 5.41) is 0. The molecule has 0 unspecified atom stereocenters. The first-order chi connectivity index (χ1) is 27.4. The van der Waals surface area contributed by atoms with Crippen LogP contribution in [0.4, 0.5) is 32.0 Å². The smallest absolute Gasteiger partial charge is 0.277 e. The summed E-state index contributed by atoms with van der Waals surface area (Å²) in [5.41, 5.74) is -4.10. The average Bonchev–Trinajstić information content (AvgIpc) is 3.56. The second-order valence-electron chi connectivity index (χ2n) is 13.9. The molecule has 290 valence electrons. The van der Waals surface area contributed by atoms with Crippen molar-refractivity contribution >= 4 is 45.2 Å². The van der Waals surface area contributed by atoms with E-state index >= 15 is 26.3 Å². The number of amides is 4. The fraction of sp³-hybridized carbons (Fsp3) is 0.114. The standard InChI is InChI=1S/C44H26BrF6N3O4/c1-23-3-5-25(6-4-23)36-19-27(24-7-13-30(45)14-8-24)20-37(52-36)26-9-15-31(16-10-26)54-40(57)33-18-12-29(22-35(33)41(54)58)42(43(46,47)48,44(49,50)51)28-11-17-32-34(21-28)39(56)53(2)38(32)55/h3-22H,1-2H3. The van der Waals surface area contributed by atoms with Crippen molar-refractivity contribution in [2.75, 3.05) is 11.9 Å². The van der Waals surface area contributed by atoms with Crippen LogP contribution < -0.4 is 4.90 Å². The van der Waals surface area contributed by atoms with Crippen molar-refractivity contribution < 1.29 is 45.5 Å². The second-order valence-corrected chi connectivity index (χ2v) is 14.8. The van der Waals surface area contributed by atoms with E-state index in [1.54, 1.807) is 12.1 Å². The van der Waals surface area contributed by atoms with Gasteiger partial charge in [-0.15, -0.1) is 0 Å². The molecule has 1 aromatic heterocycles. The van der Waals surface area contributed by atoms with Crippen molar-refractivity contribution in [1.82, 2.24) is 9.88 Å². The summed E-state index contributed by atoms with van der Waals surface area (Å²) in [6, 6.07) is 28.7. The number of pyridine rings is 1. The Kier molecular flexibility index (Phi) is 9.03. The predicted octanol–water partition coefficient (Wildman–Crippen LogP) is 10.6. The number of halogens is 7. The fourth-order valence-electron chi connectivity index (χ4n) is 7.43. The van der Waals surface area contributed by atoms with Gasteiger partial charge in [0, 0.05) is 22.6 Å². The Bertz CT molecular complexity index is 2630. The highest BCUT2D eigenvalue weighted by molar-refractivity contribution is 9.10. The van der Waals surface area contributed by atoms with Crippen LogP contribution >= 0.6 is 15.9 Å². The quantitative estimate of drug-likeness (QED) is 0.123. The van der Waals surface area contributed by atoms with Crippen LogP contribution in [-0.2, 0) is 5.41 Å². The Morgan fingerprint density at radius 1 is 0.500 bits per heavy atom. The minimum absolute atomic E-state index is 0.0168. The van der Waals surface area contributed by atoms with E-state index < -0.39 is 69.2 Å². The van der Waals surface area contributed by atoms with Crippen LogP contribution in [0.25, 0.3) is 33.6 Å². The number of alkyl halides is 6. The topological polar surface area (TPSA) is 87.7 Å². The van der Waals surface area contributed by atoms with E-state index in [1.807, 2.05) is 67.6 Å². The summed E-state index contributed by atoms with van der Waals surface area (Å²) in [5.74, 6) is -4.05.